The largest absolute Gasteiger partial charge is 0.504 e. The number of methoxy groups -OCH3 is 1. The number of hydrogen-bond donors (Lipinski definition) is 2. The molecular weight excluding hydrogens is 388 g/mol. The van der Waals surface area contributed by atoms with Gasteiger partial charge in [0.15, 0.2) is 17.2 Å². The minimum Gasteiger partial charge on any atom is -0.504 e. The summed E-state index contributed by atoms with van der Waals surface area (Å²) in [5.74, 6) is -0.163. The zero-order valence-electron chi connectivity index (χ0n) is 16.0. The Hall–Kier alpha value is -2.95. The van der Waals surface area contributed by atoms with Crippen molar-refractivity contribution >= 4 is 17.7 Å². The molecule has 6 nitrogen and oxygen atoms in total. The van der Waals surface area contributed by atoms with Crippen LogP contribution in [-0.2, 0) is 10.5 Å². The van der Waals surface area contributed by atoms with Gasteiger partial charge in [-0.05, 0) is 24.6 Å². The zero-order valence-corrected chi connectivity index (χ0v) is 16.9. The highest BCUT2D eigenvalue weighted by Crippen LogP contribution is 2.52. The normalized spacial score (nSPS) is 23.7. The molecule has 29 heavy (non-hydrogen) atoms. The van der Waals surface area contributed by atoms with Crippen molar-refractivity contribution in [3.8, 4) is 17.6 Å². The summed E-state index contributed by atoms with van der Waals surface area (Å²) in [4.78, 5) is 14.5. The number of nitriles is 1. The third kappa shape index (κ3) is 3.05. The summed E-state index contributed by atoms with van der Waals surface area (Å²) in [6, 6.07) is 14.5. The molecule has 7 heteroatoms. The molecule has 0 aliphatic carbocycles. The smallest absolute Gasteiger partial charge is 0.231 e. The maximum atomic E-state index is 13.1. The zero-order chi connectivity index (χ0) is 20.8. The molecule has 2 aromatic carbocycles. The molecule has 4 rings (SSSR count). The average Bonchev–Trinajstić information content (AvgIpc) is 3.08. The van der Waals surface area contributed by atoms with Crippen molar-refractivity contribution in [2.75, 3.05) is 12.9 Å². The summed E-state index contributed by atoms with van der Waals surface area (Å²) in [5, 5.41) is 31.6. The van der Waals surface area contributed by atoms with E-state index in [2.05, 4.69) is 6.07 Å². The Morgan fingerprint density at radius 2 is 2.00 bits per heavy atom. The number of thioether (sulfide) groups is 1. The van der Waals surface area contributed by atoms with Crippen molar-refractivity contribution in [3.05, 3.63) is 69.8 Å². The molecule has 2 atom stereocenters. The Morgan fingerprint density at radius 1 is 1.28 bits per heavy atom. The van der Waals surface area contributed by atoms with Gasteiger partial charge in [-0.2, -0.15) is 5.26 Å². The van der Waals surface area contributed by atoms with E-state index in [-0.39, 0.29) is 29.6 Å². The molecule has 0 aromatic heterocycles. The molecule has 1 saturated heterocycles. The molecule has 0 spiro atoms. The molecule has 2 aliphatic rings. The number of nitrogens with zero attached hydrogens (tertiary/aromatic N) is 2. The van der Waals surface area contributed by atoms with Gasteiger partial charge in [0, 0.05) is 17.9 Å². The van der Waals surface area contributed by atoms with Gasteiger partial charge in [-0.3, -0.25) is 9.69 Å². The summed E-state index contributed by atoms with van der Waals surface area (Å²) in [6.07, 6.45) is 0.0506. The predicted octanol–water partition coefficient (Wildman–Crippen LogP) is 3.35. The van der Waals surface area contributed by atoms with Gasteiger partial charge in [0.05, 0.1) is 29.5 Å². The van der Waals surface area contributed by atoms with Crippen LogP contribution in [0.2, 0.25) is 0 Å². The number of aliphatic hydroxyl groups is 1. The Bertz CT molecular complexity index is 1060. The first-order valence-corrected chi connectivity index (χ1v) is 10.1. The van der Waals surface area contributed by atoms with Gasteiger partial charge in [-0.15, -0.1) is 11.8 Å². The first-order chi connectivity index (χ1) is 13.9. The van der Waals surface area contributed by atoms with Gasteiger partial charge < -0.3 is 14.9 Å². The van der Waals surface area contributed by atoms with Crippen molar-refractivity contribution in [1.29, 1.82) is 5.26 Å². The van der Waals surface area contributed by atoms with E-state index in [1.54, 1.807) is 12.1 Å². The number of ether oxygens (including phenoxy) is 1. The van der Waals surface area contributed by atoms with Crippen LogP contribution in [0, 0.1) is 18.3 Å². The Morgan fingerprint density at radius 3 is 2.66 bits per heavy atom. The molecule has 1 fully saturated rings. The average molecular weight is 408 g/mol. The lowest BCUT2D eigenvalue weighted by Crippen LogP contribution is -2.48. The fraction of sp³-hybridized carbons (Fsp3) is 0.273. The highest BCUT2D eigenvalue weighted by atomic mass is 32.2. The predicted molar refractivity (Wildman–Crippen MR) is 109 cm³/mol. The van der Waals surface area contributed by atoms with Crippen molar-refractivity contribution < 1.29 is 19.7 Å². The number of fused-ring (bicyclic) bond motifs is 1. The molecule has 1 amide bonds. The van der Waals surface area contributed by atoms with Crippen LogP contribution in [0.3, 0.4) is 0 Å². The van der Waals surface area contributed by atoms with Gasteiger partial charge in [0.1, 0.15) is 0 Å². The van der Waals surface area contributed by atoms with E-state index in [1.165, 1.54) is 29.8 Å². The molecule has 2 aliphatic heterocycles. The van der Waals surface area contributed by atoms with E-state index in [4.69, 9.17) is 4.74 Å². The quantitative estimate of drug-likeness (QED) is 0.809. The lowest BCUT2D eigenvalue weighted by molar-refractivity contribution is -0.149. The number of carbonyl (C=O) groups is 1. The number of allylic oxidation sites excluding steroid dienone is 1. The molecule has 148 valence electrons. The highest BCUT2D eigenvalue weighted by Gasteiger charge is 2.51. The first kappa shape index (κ1) is 19.4. The van der Waals surface area contributed by atoms with Crippen LogP contribution < -0.4 is 4.74 Å². The summed E-state index contributed by atoms with van der Waals surface area (Å²) >= 11 is 1.31. The second kappa shape index (κ2) is 7.14. The molecule has 0 radical (unpaired) electrons. The SMILES string of the molecule is COc1cc([C@H]2CC(=O)N3C(=C2C#N)SC[C@]3(O)c2ccc(C)cc2)ccc1O. The standard InChI is InChI=1S/C22H20N2O4S/c1-13-3-6-15(7-4-13)22(27)12-29-21-17(11-23)16(10-20(26)24(21)22)14-5-8-18(25)19(9-14)28-2/h3-9,16,25,27H,10,12H2,1-2H3/t16-,22+/m1/s1. The van der Waals surface area contributed by atoms with Gasteiger partial charge in [-0.1, -0.05) is 35.9 Å². The maximum Gasteiger partial charge on any atom is 0.231 e. The summed E-state index contributed by atoms with van der Waals surface area (Å²) < 4.78 is 5.17. The summed E-state index contributed by atoms with van der Waals surface area (Å²) in [7, 11) is 1.45. The van der Waals surface area contributed by atoms with Crippen molar-refractivity contribution in [2.45, 2.75) is 25.0 Å². The van der Waals surface area contributed by atoms with Crippen LogP contribution in [0.5, 0.6) is 11.5 Å². The lowest BCUT2D eigenvalue weighted by atomic mass is 9.85. The number of rotatable bonds is 3. The van der Waals surface area contributed by atoms with Crippen LogP contribution in [0.1, 0.15) is 29.0 Å². The minimum atomic E-state index is -1.48. The molecule has 0 unspecified atom stereocenters. The van der Waals surface area contributed by atoms with Crippen molar-refractivity contribution in [3.63, 3.8) is 0 Å². The van der Waals surface area contributed by atoms with Gasteiger partial charge >= 0.3 is 0 Å². The van der Waals surface area contributed by atoms with Crippen molar-refractivity contribution in [1.82, 2.24) is 4.90 Å². The van der Waals surface area contributed by atoms with E-state index in [0.717, 1.165) is 5.56 Å². The van der Waals surface area contributed by atoms with E-state index >= 15 is 0 Å². The fourth-order valence-corrected chi connectivity index (χ4v) is 5.21. The van der Waals surface area contributed by atoms with Gasteiger partial charge in [0.25, 0.3) is 0 Å². The summed E-state index contributed by atoms with van der Waals surface area (Å²) in [5.41, 5.74) is 1.35. The molecule has 2 aromatic rings. The highest BCUT2D eigenvalue weighted by molar-refractivity contribution is 8.03. The number of aromatic hydroxyl groups is 1. The van der Waals surface area contributed by atoms with Crippen LogP contribution in [0.25, 0.3) is 0 Å². The van der Waals surface area contributed by atoms with Crippen LogP contribution in [0.15, 0.2) is 53.1 Å². The molecule has 0 saturated carbocycles. The van der Waals surface area contributed by atoms with Crippen LogP contribution in [-0.4, -0.2) is 33.9 Å². The molecule has 0 bridgehead atoms. The Labute approximate surface area is 173 Å². The number of aryl methyl sites for hydroxylation is 1. The molecule has 2 heterocycles. The monoisotopic (exact) mass is 408 g/mol. The number of carbonyl (C=O) groups excluding carboxylic acids is 1. The first-order valence-electron chi connectivity index (χ1n) is 9.15. The number of phenolic OH excluding ortho intramolecular Hbond substituents is 1. The third-order valence-electron chi connectivity index (χ3n) is 5.43. The fourth-order valence-electron chi connectivity index (χ4n) is 3.85. The van der Waals surface area contributed by atoms with E-state index in [0.29, 0.717) is 21.7 Å². The van der Waals surface area contributed by atoms with Crippen LogP contribution >= 0.6 is 11.8 Å². The number of phenols is 1. The van der Waals surface area contributed by atoms with E-state index < -0.39 is 11.6 Å². The Kier molecular flexibility index (Phi) is 4.77. The van der Waals surface area contributed by atoms with Crippen LogP contribution in [0.4, 0.5) is 0 Å². The molecule has 2 N–H and O–H groups in total. The van der Waals surface area contributed by atoms with Gasteiger partial charge in [0.2, 0.25) is 5.91 Å². The number of amides is 1. The number of benzene rings is 2. The van der Waals surface area contributed by atoms with E-state index in [1.807, 2.05) is 31.2 Å². The molecular formula is C22H20N2O4S. The third-order valence-corrected chi connectivity index (χ3v) is 6.65. The minimum absolute atomic E-state index is 0.00448. The van der Waals surface area contributed by atoms with Crippen molar-refractivity contribution in [2.24, 2.45) is 0 Å². The number of hydrogen-bond acceptors (Lipinski definition) is 6. The Balaban J connectivity index is 1.80. The maximum absolute atomic E-state index is 13.1. The second-order valence-electron chi connectivity index (χ2n) is 7.22. The van der Waals surface area contributed by atoms with Gasteiger partial charge in [-0.25, -0.2) is 0 Å². The van der Waals surface area contributed by atoms with E-state index in [9.17, 15) is 20.3 Å². The lowest BCUT2D eigenvalue weighted by Gasteiger charge is -2.38. The summed E-state index contributed by atoms with van der Waals surface area (Å²) in [6.45, 7) is 1.96. The topological polar surface area (TPSA) is 93.8 Å². The second-order valence-corrected chi connectivity index (χ2v) is 8.18.